The van der Waals surface area contributed by atoms with Gasteiger partial charge in [-0.3, -0.25) is 9.78 Å². The first-order valence-corrected chi connectivity index (χ1v) is 11.2. The van der Waals surface area contributed by atoms with Gasteiger partial charge in [0.1, 0.15) is 11.3 Å². The number of piperidine rings is 1. The summed E-state index contributed by atoms with van der Waals surface area (Å²) in [5, 5.41) is 4.15. The van der Waals surface area contributed by atoms with E-state index in [9.17, 15) is 4.79 Å². The molecule has 2 atom stereocenters. The van der Waals surface area contributed by atoms with Crippen molar-refractivity contribution in [3.8, 4) is 5.75 Å². The summed E-state index contributed by atoms with van der Waals surface area (Å²) in [5.74, 6) is 1.44. The molecule has 158 valence electrons. The quantitative estimate of drug-likeness (QED) is 0.646. The van der Waals surface area contributed by atoms with E-state index in [0.29, 0.717) is 25.1 Å². The van der Waals surface area contributed by atoms with Gasteiger partial charge in [-0.15, -0.1) is 0 Å². The standard InChI is InChI=1S/C25H26N4O2/c30-23-16-29-21-10-13-28(15-19(21)18-7-2-8-20(27-23)25(18)29)12-4-14-31-22-9-1-5-17-6-3-11-26-24(17)22/h1-3,5-9,11,19,21H,4,10,12-16H2,(H,27,30). The van der Waals surface area contributed by atoms with Crippen molar-refractivity contribution in [2.24, 2.45) is 0 Å². The van der Waals surface area contributed by atoms with Gasteiger partial charge in [-0.25, -0.2) is 0 Å². The third kappa shape index (κ3) is 3.22. The molecule has 0 bridgehead atoms. The minimum absolute atomic E-state index is 0.104. The number of fused-ring (bicyclic) bond motifs is 4. The van der Waals surface area contributed by atoms with Crippen LogP contribution in [0.3, 0.4) is 0 Å². The van der Waals surface area contributed by atoms with Gasteiger partial charge in [0.25, 0.3) is 0 Å². The van der Waals surface area contributed by atoms with Gasteiger partial charge >= 0.3 is 0 Å². The Labute approximate surface area is 181 Å². The number of carbonyl (C=O) groups is 1. The van der Waals surface area contributed by atoms with Gasteiger partial charge in [-0.1, -0.05) is 30.3 Å². The summed E-state index contributed by atoms with van der Waals surface area (Å²) in [7, 11) is 0. The number of para-hydroxylation sites is 2. The lowest BCUT2D eigenvalue weighted by atomic mass is 9.89. The fourth-order valence-corrected chi connectivity index (χ4v) is 5.54. The molecule has 0 aliphatic carbocycles. The first-order valence-electron chi connectivity index (χ1n) is 11.2. The van der Waals surface area contributed by atoms with Crippen molar-refractivity contribution in [3.05, 3.63) is 60.3 Å². The van der Waals surface area contributed by atoms with E-state index in [0.717, 1.165) is 54.8 Å². The number of aromatic nitrogens is 1. The van der Waals surface area contributed by atoms with E-state index in [2.05, 4.69) is 44.4 Å². The maximum Gasteiger partial charge on any atom is 0.243 e. The molecular weight excluding hydrogens is 388 g/mol. The molecule has 2 unspecified atom stereocenters. The number of hydrogen-bond acceptors (Lipinski definition) is 5. The van der Waals surface area contributed by atoms with Gasteiger partial charge in [-0.05, 0) is 36.6 Å². The Kier molecular flexibility index (Phi) is 4.53. The molecular formula is C25H26N4O2. The monoisotopic (exact) mass is 414 g/mol. The van der Waals surface area contributed by atoms with E-state index in [1.807, 2.05) is 30.5 Å². The number of rotatable bonds is 5. The second-order valence-electron chi connectivity index (χ2n) is 8.72. The molecule has 1 aromatic heterocycles. The minimum atomic E-state index is 0.104. The number of hydrogen-bond donors (Lipinski definition) is 1. The second-order valence-corrected chi connectivity index (χ2v) is 8.72. The number of carbonyl (C=O) groups excluding carboxylic acids is 1. The van der Waals surface area contributed by atoms with Gasteiger partial charge in [-0.2, -0.15) is 0 Å². The van der Waals surface area contributed by atoms with Crippen LogP contribution in [0.5, 0.6) is 5.75 Å². The largest absolute Gasteiger partial charge is 0.491 e. The van der Waals surface area contributed by atoms with E-state index in [1.165, 1.54) is 11.3 Å². The van der Waals surface area contributed by atoms with Crippen LogP contribution in [0.25, 0.3) is 10.9 Å². The molecule has 0 spiro atoms. The first kappa shape index (κ1) is 18.6. The molecule has 1 saturated heterocycles. The predicted molar refractivity (Wildman–Crippen MR) is 122 cm³/mol. The number of pyridine rings is 1. The number of anilines is 2. The van der Waals surface area contributed by atoms with Crippen molar-refractivity contribution in [2.45, 2.75) is 24.8 Å². The zero-order valence-corrected chi connectivity index (χ0v) is 17.5. The lowest BCUT2D eigenvalue weighted by Gasteiger charge is -2.39. The summed E-state index contributed by atoms with van der Waals surface area (Å²) in [4.78, 5) is 21.5. The maximum atomic E-state index is 12.1. The number of nitrogens with one attached hydrogen (secondary N) is 1. The number of nitrogens with zero attached hydrogens (tertiary/aromatic N) is 3. The molecule has 3 aliphatic heterocycles. The number of amides is 1. The summed E-state index contributed by atoms with van der Waals surface area (Å²) in [6, 6.07) is 16.9. The molecule has 0 radical (unpaired) electrons. The Morgan fingerprint density at radius 1 is 1.13 bits per heavy atom. The molecule has 4 heterocycles. The molecule has 1 fully saturated rings. The third-order valence-electron chi connectivity index (χ3n) is 6.87. The average Bonchev–Trinajstić information content (AvgIpc) is 3.11. The average molecular weight is 415 g/mol. The van der Waals surface area contributed by atoms with Crippen LogP contribution < -0.4 is 15.0 Å². The highest BCUT2D eigenvalue weighted by molar-refractivity contribution is 6.03. The Morgan fingerprint density at radius 2 is 2.03 bits per heavy atom. The zero-order chi connectivity index (χ0) is 20.8. The molecule has 1 amide bonds. The Hall–Kier alpha value is -3.12. The minimum Gasteiger partial charge on any atom is -0.491 e. The molecule has 31 heavy (non-hydrogen) atoms. The number of benzene rings is 2. The highest BCUT2D eigenvalue weighted by atomic mass is 16.5. The Morgan fingerprint density at radius 3 is 3.00 bits per heavy atom. The van der Waals surface area contributed by atoms with Gasteiger partial charge in [0, 0.05) is 43.2 Å². The van der Waals surface area contributed by atoms with E-state index in [-0.39, 0.29) is 5.91 Å². The van der Waals surface area contributed by atoms with E-state index < -0.39 is 0 Å². The van der Waals surface area contributed by atoms with Crippen molar-refractivity contribution in [1.82, 2.24) is 9.88 Å². The van der Waals surface area contributed by atoms with Crippen molar-refractivity contribution < 1.29 is 9.53 Å². The van der Waals surface area contributed by atoms with Crippen LogP contribution in [0.1, 0.15) is 24.3 Å². The molecule has 0 saturated carbocycles. The summed E-state index contributed by atoms with van der Waals surface area (Å²) >= 11 is 0. The normalized spacial score (nSPS) is 22.2. The van der Waals surface area contributed by atoms with Crippen LogP contribution in [0.2, 0.25) is 0 Å². The molecule has 6 nitrogen and oxygen atoms in total. The van der Waals surface area contributed by atoms with Gasteiger partial charge in [0.2, 0.25) is 5.91 Å². The molecule has 3 aliphatic rings. The zero-order valence-electron chi connectivity index (χ0n) is 17.5. The Balaban J connectivity index is 1.09. The van der Waals surface area contributed by atoms with E-state index in [4.69, 9.17) is 4.74 Å². The van der Waals surface area contributed by atoms with Crippen LogP contribution in [-0.4, -0.2) is 54.6 Å². The fourth-order valence-electron chi connectivity index (χ4n) is 5.54. The summed E-state index contributed by atoms with van der Waals surface area (Å²) in [6.07, 6.45) is 3.89. The number of ether oxygens (including phenoxy) is 1. The van der Waals surface area contributed by atoms with Crippen molar-refractivity contribution in [3.63, 3.8) is 0 Å². The molecule has 1 N–H and O–H groups in total. The molecule has 3 aromatic rings. The van der Waals surface area contributed by atoms with Crippen LogP contribution in [0.4, 0.5) is 11.4 Å². The topological polar surface area (TPSA) is 57.7 Å². The van der Waals surface area contributed by atoms with Crippen LogP contribution in [0.15, 0.2) is 54.7 Å². The smallest absolute Gasteiger partial charge is 0.243 e. The van der Waals surface area contributed by atoms with Gasteiger partial charge in [0.05, 0.1) is 24.5 Å². The lowest BCUT2D eigenvalue weighted by Crippen LogP contribution is -2.49. The van der Waals surface area contributed by atoms with Gasteiger partial charge < -0.3 is 19.9 Å². The van der Waals surface area contributed by atoms with Crippen LogP contribution in [0, 0.1) is 0 Å². The third-order valence-corrected chi connectivity index (χ3v) is 6.87. The first-order chi connectivity index (χ1) is 15.3. The van der Waals surface area contributed by atoms with Gasteiger partial charge in [0.15, 0.2) is 0 Å². The van der Waals surface area contributed by atoms with E-state index in [1.54, 1.807) is 0 Å². The van der Waals surface area contributed by atoms with Crippen LogP contribution >= 0.6 is 0 Å². The van der Waals surface area contributed by atoms with Crippen molar-refractivity contribution in [1.29, 1.82) is 0 Å². The summed E-state index contributed by atoms with van der Waals surface area (Å²) < 4.78 is 6.08. The lowest BCUT2D eigenvalue weighted by molar-refractivity contribution is -0.115. The summed E-state index contributed by atoms with van der Waals surface area (Å²) in [5.41, 5.74) is 4.56. The SMILES string of the molecule is O=C1CN2c3c(cccc3C3CN(CCCOc4cccc5cccnc45)CCC32)N1. The molecule has 6 rings (SSSR count). The molecule has 6 heteroatoms. The highest BCUT2D eigenvalue weighted by Crippen LogP contribution is 2.49. The van der Waals surface area contributed by atoms with Crippen molar-refractivity contribution in [2.75, 3.05) is 43.0 Å². The predicted octanol–water partition coefficient (Wildman–Crippen LogP) is 3.63. The number of likely N-dealkylation sites (tertiary alicyclic amines) is 1. The van der Waals surface area contributed by atoms with Crippen molar-refractivity contribution >= 4 is 28.2 Å². The summed E-state index contributed by atoms with van der Waals surface area (Å²) in [6.45, 7) is 4.30. The molecule has 2 aromatic carbocycles. The van der Waals surface area contributed by atoms with Crippen LogP contribution in [-0.2, 0) is 4.79 Å². The Bertz CT molecular complexity index is 1140. The fraction of sp³-hybridized carbons (Fsp3) is 0.360. The second kappa shape index (κ2) is 7.54. The maximum absolute atomic E-state index is 12.1. The van der Waals surface area contributed by atoms with E-state index >= 15 is 0 Å². The highest BCUT2D eigenvalue weighted by Gasteiger charge is 2.44.